The van der Waals surface area contributed by atoms with Gasteiger partial charge < -0.3 is 10.1 Å². The van der Waals surface area contributed by atoms with Gasteiger partial charge in [0.25, 0.3) is 0 Å². The first-order valence-corrected chi connectivity index (χ1v) is 15.1. The molecule has 1 amide bonds. The molecule has 1 N–H and O–H groups in total. The average molecular weight is 518 g/mol. The zero-order valence-corrected chi connectivity index (χ0v) is 23.3. The summed E-state index contributed by atoms with van der Waals surface area (Å²) in [6, 6.07) is 18.1. The van der Waals surface area contributed by atoms with E-state index in [1.54, 1.807) is 6.92 Å². The zero-order chi connectivity index (χ0) is 26.6. The molecule has 0 aliphatic heterocycles. The zero-order valence-electron chi connectivity index (χ0n) is 23.3. The van der Waals surface area contributed by atoms with Gasteiger partial charge in [0.2, 0.25) is 5.91 Å². The second-order valence-electron chi connectivity index (χ2n) is 11.7. The maximum absolute atomic E-state index is 13.6. The number of carbonyl (C=O) groups is 2. The second-order valence-corrected chi connectivity index (χ2v) is 11.7. The van der Waals surface area contributed by atoms with Crippen LogP contribution in [-0.4, -0.2) is 24.3 Å². The van der Waals surface area contributed by atoms with Crippen LogP contribution in [0.5, 0.6) is 5.75 Å². The molecule has 38 heavy (non-hydrogen) atoms. The predicted molar refractivity (Wildman–Crippen MR) is 154 cm³/mol. The number of Topliss-reactive ketones (excluding diaryl/α,β-unsaturated/α-hetero) is 1. The van der Waals surface area contributed by atoms with E-state index >= 15 is 0 Å². The Morgan fingerprint density at radius 3 is 2.16 bits per heavy atom. The minimum absolute atomic E-state index is 0.0163. The van der Waals surface area contributed by atoms with E-state index < -0.39 is 6.04 Å². The summed E-state index contributed by atoms with van der Waals surface area (Å²) in [5, 5.41) is 3.17. The van der Waals surface area contributed by atoms with Crippen LogP contribution in [0.2, 0.25) is 0 Å². The van der Waals surface area contributed by atoms with E-state index in [0.717, 1.165) is 50.0 Å². The third-order valence-corrected chi connectivity index (χ3v) is 8.76. The molecule has 0 spiro atoms. The Kier molecular flexibility index (Phi) is 11.3. The largest absolute Gasteiger partial charge is 0.493 e. The Hall–Kier alpha value is -2.62. The highest BCUT2D eigenvalue weighted by molar-refractivity contribution is 5.88. The van der Waals surface area contributed by atoms with Crippen molar-refractivity contribution < 1.29 is 14.3 Å². The Morgan fingerprint density at radius 1 is 0.842 bits per heavy atom. The molecule has 206 valence electrons. The Labute approximate surface area is 229 Å². The summed E-state index contributed by atoms with van der Waals surface area (Å²) in [7, 11) is 0. The summed E-state index contributed by atoms with van der Waals surface area (Å²) in [5.74, 6) is 2.05. The van der Waals surface area contributed by atoms with Crippen LogP contribution in [0.1, 0.15) is 95.1 Å². The molecule has 2 atom stereocenters. The molecule has 2 aromatic rings. The highest BCUT2D eigenvalue weighted by atomic mass is 16.5. The van der Waals surface area contributed by atoms with Gasteiger partial charge in [-0.1, -0.05) is 81.0 Å². The first-order valence-electron chi connectivity index (χ1n) is 15.1. The molecule has 0 heterocycles. The summed E-state index contributed by atoms with van der Waals surface area (Å²) < 4.78 is 6.05. The van der Waals surface area contributed by atoms with Crippen LogP contribution in [0, 0.1) is 17.8 Å². The minimum atomic E-state index is -0.489. The van der Waals surface area contributed by atoms with Crippen LogP contribution in [0.3, 0.4) is 0 Å². The third-order valence-electron chi connectivity index (χ3n) is 8.76. The quantitative estimate of drug-likeness (QED) is 0.300. The van der Waals surface area contributed by atoms with E-state index in [2.05, 4.69) is 29.6 Å². The number of hydrogen-bond acceptors (Lipinski definition) is 3. The number of amides is 1. The van der Waals surface area contributed by atoms with Crippen molar-refractivity contribution in [3.63, 3.8) is 0 Å². The molecule has 4 heteroatoms. The second kappa shape index (κ2) is 15.1. The SMILES string of the molecule is CC(=O)[C@H](Cc1ccc(OCC2CCCCC2)cc1)NC(=O)C(CCCc1ccccc1)C1CCCCC1. The van der Waals surface area contributed by atoms with Gasteiger partial charge in [-0.15, -0.1) is 0 Å². The smallest absolute Gasteiger partial charge is 0.223 e. The molecule has 2 aliphatic rings. The van der Waals surface area contributed by atoms with Gasteiger partial charge in [0.05, 0.1) is 12.6 Å². The van der Waals surface area contributed by atoms with Crippen molar-refractivity contribution in [1.29, 1.82) is 0 Å². The lowest BCUT2D eigenvalue weighted by atomic mass is 9.77. The molecule has 0 radical (unpaired) electrons. The number of carbonyl (C=O) groups excluding carboxylic acids is 2. The number of ether oxygens (including phenoxy) is 1. The van der Waals surface area contributed by atoms with Crippen molar-refractivity contribution in [2.45, 2.75) is 103 Å². The first kappa shape index (κ1) is 28.4. The summed E-state index contributed by atoms with van der Waals surface area (Å²) in [5.41, 5.74) is 2.37. The predicted octanol–water partition coefficient (Wildman–Crippen LogP) is 7.48. The summed E-state index contributed by atoms with van der Waals surface area (Å²) in [4.78, 5) is 26.2. The normalized spacial score (nSPS) is 18.4. The van der Waals surface area contributed by atoms with E-state index in [4.69, 9.17) is 4.74 Å². The van der Waals surface area contributed by atoms with Crippen molar-refractivity contribution in [2.24, 2.45) is 17.8 Å². The highest BCUT2D eigenvalue weighted by Gasteiger charge is 2.31. The molecule has 2 aromatic carbocycles. The molecule has 0 bridgehead atoms. The first-order chi connectivity index (χ1) is 18.6. The van der Waals surface area contributed by atoms with Gasteiger partial charge in [-0.05, 0) is 93.4 Å². The van der Waals surface area contributed by atoms with Crippen molar-refractivity contribution in [1.82, 2.24) is 5.32 Å². The van der Waals surface area contributed by atoms with Gasteiger partial charge in [0.15, 0.2) is 5.78 Å². The maximum atomic E-state index is 13.6. The fourth-order valence-corrected chi connectivity index (χ4v) is 6.39. The van der Waals surface area contributed by atoms with Gasteiger partial charge in [0, 0.05) is 5.92 Å². The number of rotatable bonds is 13. The van der Waals surface area contributed by atoms with E-state index in [0.29, 0.717) is 18.3 Å². The van der Waals surface area contributed by atoms with Gasteiger partial charge >= 0.3 is 0 Å². The molecule has 1 unspecified atom stereocenters. The number of ketones is 1. The topological polar surface area (TPSA) is 55.4 Å². The fraction of sp³-hybridized carbons (Fsp3) is 0.588. The lowest BCUT2D eigenvalue weighted by Crippen LogP contribution is -2.46. The highest BCUT2D eigenvalue weighted by Crippen LogP contribution is 2.33. The Bertz CT molecular complexity index is 975. The maximum Gasteiger partial charge on any atom is 0.223 e. The van der Waals surface area contributed by atoms with Crippen molar-refractivity contribution in [3.05, 3.63) is 65.7 Å². The van der Waals surface area contributed by atoms with E-state index in [-0.39, 0.29) is 17.6 Å². The van der Waals surface area contributed by atoms with Crippen molar-refractivity contribution >= 4 is 11.7 Å². The molecule has 4 rings (SSSR count). The van der Waals surface area contributed by atoms with Crippen LogP contribution < -0.4 is 10.1 Å². The number of nitrogens with one attached hydrogen (secondary N) is 1. The molecule has 2 aliphatic carbocycles. The van der Waals surface area contributed by atoms with Crippen LogP contribution in [-0.2, 0) is 22.4 Å². The molecule has 4 nitrogen and oxygen atoms in total. The third kappa shape index (κ3) is 8.99. The minimum Gasteiger partial charge on any atom is -0.493 e. The van der Waals surface area contributed by atoms with Crippen LogP contribution in [0.15, 0.2) is 54.6 Å². The number of aryl methyl sites for hydroxylation is 1. The molecule has 0 aromatic heterocycles. The average Bonchev–Trinajstić information content (AvgIpc) is 2.96. The van der Waals surface area contributed by atoms with Crippen LogP contribution in [0.4, 0.5) is 0 Å². The summed E-state index contributed by atoms with van der Waals surface area (Å²) >= 11 is 0. The van der Waals surface area contributed by atoms with Gasteiger partial charge in [-0.25, -0.2) is 0 Å². The van der Waals surface area contributed by atoms with Crippen LogP contribution in [0.25, 0.3) is 0 Å². The van der Waals surface area contributed by atoms with Crippen molar-refractivity contribution in [3.8, 4) is 5.75 Å². The van der Waals surface area contributed by atoms with Gasteiger partial charge in [-0.3, -0.25) is 9.59 Å². The number of benzene rings is 2. The number of hydrogen-bond donors (Lipinski definition) is 1. The molecular formula is C34H47NO3. The van der Waals surface area contributed by atoms with Gasteiger partial charge in [0.1, 0.15) is 5.75 Å². The van der Waals surface area contributed by atoms with E-state index in [9.17, 15) is 9.59 Å². The lowest BCUT2D eigenvalue weighted by Gasteiger charge is -2.31. The molecular weight excluding hydrogens is 470 g/mol. The molecule has 2 fully saturated rings. The molecule has 2 saturated carbocycles. The summed E-state index contributed by atoms with van der Waals surface area (Å²) in [6.07, 6.45) is 15.8. The van der Waals surface area contributed by atoms with Gasteiger partial charge in [-0.2, -0.15) is 0 Å². The van der Waals surface area contributed by atoms with Crippen LogP contribution >= 0.6 is 0 Å². The Morgan fingerprint density at radius 2 is 1.50 bits per heavy atom. The lowest BCUT2D eigenvalue weighted by molar-refractivity contribution is -0.131. The molecule has 0 saturated heterocycles. The monoisotopic (exact) mass is 517 g/mol. The summed E-state index contributed by atoms with van der Waals surface area (Å²) in [6.45, 7) is 2.38. The van der Waals surface area contributed by atoms with Crippen molar-refractivity contribution in [2.75, 3.05) is 6.61 Å². The van der Waals surface area contributed by atoms with E-state index in [1.165, 1.54) is 56.9 Å². The Balaban J connectivity index is 1.32. The van der Waals surface area contributed by atoms with E-state index in [1.807, 2.05) is 30.3 Å². The standard InChI is InChI=1S/C34H47NO3/c1-26(36)33(24-28-20-22-31(23-21-28)38-25-29-14-7-3-8-15-29)35-34(37)32(30-17-9-4-10-18-30)19-11-16-27-12-5-2-6-13-27/h2,5-6,12-13,20-23,29-30,32-33H,3-4,7-11,14-19,24-25H2,1H3,(H,35,37)/t32?,33-/m0/s1. The fourth-order valence-electron chi connectivity index (χ4n) is 6.39.